The van der Waals surface area contributed by atoms with Crippen LogP contribution in [0.5, 0.6) is 5.75 Å². The number of hydrogen-bond donors (Lipinski definition) is 1. The summed E-state index contributed by atoms with van der Waals surface area (Å²) < 4.78 is 12.5. The number of hydrogen-bond acceptors (Lipinski definition) is 6. The molecule has 0 saturated carbocycles. The van der Waals surface area contributed by atoms with Gasteiger partial charge in [-0.05, 0) is 12.1 Å². The van der Waals surface area contributed by atoms with E-state index in [2.05, 4.69) is 20.6 Å². The molecule has 4 rings (SSSR count). The molecule has 1 N–H and O–H groups in total. The number of ether oxygens (including phenoxy) is 1. The molecule has 1 atom stereocenters. The number of nitrogens with zero attached hydrogens (tertiary/aromatic N) is 4. The van der Waals surface area contributed by atoms with Crippen LogP contribution in [-0.2, 0) is 13.5 Å². The maximum atomic E-state index is 12.5. The number of aromatic nitrogens is 4. The summed E-state index contributed by atoms with van der Waals surface area (Å²) in [4.78, 5) is 16.8. The SMILES string of the molecule is CCc1nc(-c2ccc3c(c2)OCCC3NC(=O)c2ccnn2C)no1. The van der Waals surface area contributed by atoms with Gasteiger partial charge in [0.2, 0.25) is 11.7 Å². The first-order valence-corrected chi connectivity index (χ1v) is 8.54. The van der Waals surface area contributed by atoms with E-state index in [0.717, 1.165) is 16.9 Å². The molecule has 1 aliphatic rings. The number of benzene rings is 1. The Labute approximate surface area is 150 Å². The number of aryl methyl sites for hydroxylation is 2. The van der Waals surface area contributed by atoms with E-state index in [4.69, 9.17) is 9.26 Å². The van der Waals surface area contributed by atoms with E-state index in [1.165, 1.54) is 0 Å². The molecule has 1 aromatic carbocycles. The van der Waals surface area contributed by atoms with Crippen molar-refractivity contribution in [2.45, 2.75) is 25.8 Å². The van der Waals surface area contributed by atoms with Gasteiger partial charge in [-0.15, -0.1) is 0 Å². The maximum Gasteiger partial charge on any atom is 0.270 e. The van der Waals surface area contributed by atoms with Crippen LogP contribution in [0.4, 0.5) is 0 Å². The highest BCUT2D eigenvalue weighted by Crippen LogP contribution is 2.35. The molecule has 3 heterocycles. The van der Waals surface area contributed by atoms with Crippen molar-refractivity contribution in [2.24, 2.45) is 7.05 Å². The predicted molar refractivity (Wildman–Crippen MR) is 92.6 cm³/mol. The first kappa shape index (κ1) is 16.3. The average molecular weight is 353 g/mol. The Morgan fingerprint density at radius 1 is 1.38 bits per heavy atom. The van der Waals surface area contributed by atoms with Gasteiger partial charge >= 0.3 is 0 Å². The van der Waals surface area contributed by atoms with Gasteiger partial charge < -0.3 is 14.6 Å². The van der Waals surface area contributed by atoms with Gasteiger partial charge in [-0.3, -0.25) is 9.48 Å². The lowest BCUT2D eigenvalue weighted by Crippen LogP contribution is -2.33. The molecule has 0 bridgehead atoms. The minimum atomic E-state index is -0.155. The lowest BCUT2D eigenvalue weighted by molar-refractivity contribution is 0.0915. The number of carbonyl (C=O) groups excluding carboxylic acids is 1. The normalized spacial score (nSPS) is 16.0. The first-order valence-electron chi connectivity index (χ1n) is 8.54. The molecule has 0 spiro atoms. The first-order chi connectivity index (χ1) is 12.7. The molecule has 0 saturated heterocycles. The summed E-state index contributed by atoms with van der Waals surface area (Å²) in [5, 5.41) is 11.1. The van der Waals surface area contributed by atoms with Crippen LogP contribution in [0.1, 0.15) is 41.3 Å². The van der Waals surface area contributed by atoms with Crippen molar-refractivity contribution in [3.05, 3.63) is 47.6 Å². The van der Waals surface area contributed by atoms with Gasteiger partial charge in [0.05, 0.1) is 12.6 Å². The molecule has 8 heteroatoms. The maximum absolute atomic E-state index is 12.5. The summed E-state index contributed by atoms with van der Waals surface area (Å²) in [5.74, 6) is 1.71. The summed E-state index contributed by atoms with van der Waals surface area (Å²) in [6.07, 6.45) is 3.00. The van der Waals surface area contributed by atoms with E-state index in [1.54, 1.807) is 24.0 Å². The van der Waals surface area contributed by atoms with Crippen molar-refractivity contribution in [3.63, 3.8) is 0 Å². The number of fused-ring (bicyclic) bond motifs is 1. The van der Waals surface area contributed by atoms with Crippen molar-refractivity contribution in [1.29, 1.82) is 0 Å². The molecule has 8 nitrogen and oxygen atoms in total. The highest BCUT2D eigenvalue weighted by atomic mass is 16.5. The highest BCUT2D eigenvalue weighted by molar-refractivity contribution is 5.92. The second-order valence-corrected chi connectivity index (χ2v) is 6.12. The van der Waals surface area contributed by atoms with Crippen LogP contribution in [-0.4, -0.2) is 32.4 Å². The minimum absolute atomic E-state index is 0.119. The Balaban J connectivity index is 1.58. The summed E-state index contributed by atoms with van der Waals surface area (Å²) >= 11 is 0. The van der Waals surface area contributed by atoms with Crippen molar-refractivity contribution in [3.8, 4) is 17.1 Å². The van der Waals surface area contributed by atoms with Crippen molar-refractivity contribution in [2.75, 3.05) is 6.61 Å². The standard InChI is InChI=1S/C18H19N5O3/c1-3-16-21-17(22-26-16)11-4-5-12-13(7-9-25-15(12)10-11)20-18(24)14-6-8-19-23(14)2/h4-6,8,10,13H,3,7,9H2,1-2H3,(H,20,24). The predicted octanol–water partition coefficient (Wildman–Crippen LogP) is 2.29. The molecule has 26 heavy (non-hydrogen) atoms. The smallest absolute Gasteiger partial charge is 0.270 e. The van der Waals surface area contributed by atoms with E-state index in [9.17, 15) is 4.79 Å². The number of nitrogens with one attached hydrogen (secondary N) is 1. The lowest BCUT2D eigenvalue weighted by Gasteiger charge is -2.27. The van der Waals surface area contributed by atoms with Crippen LogP contribution >= 0.6 is 0 Å². The Kier molecular flexibility index (Phi) is 4.16. The minimum Gasteiger partial charge on any atom is -0.493 e. The Hall–Kier alpha value is -3.16. The van der Waals surface area contributed by atoms with Gasteiger partial charge in [0.25, 0.3) is 5.91 Å². The van der Waals surface area contributed by atoms with E-state index >= 15 is 0 Å². The van der Waals surface area contributed by atoms with E-state index in [-0.39, 0.29) is 11.9 Å². The monoisotopic (exact) mass is 353 g/mol. The lowest BCUT2D eigenvalue weighted by atomic mass is 9.98. The van der Waals surface area contributed by atoms with Gasteiger partial charge in [-0.25, -0.2) is 0 Å². The third-order valence-corrected chi connectivity index (χ3v) is 4.44. The molecule has 134 valence electrons. The zero-order valence-electron chi connectivity index (χ0n) is 14.6. The zero-order valence-corrected chi connectivity index (χ0v) is 14.6. The van der Waals surface area contributed by atoms with Crippen molar-refractivity contribution < 1.29 is 14.1 Å². The Morgan fingerprint density at radius 3 is 3.00 bits per heavy atom. The van der Waals surface area contributed by atoms with Crippen LogP contribution in [0.15, 0.2) is 35.0 Å². The van der Waals surface area contributed by atoms with Crippen LogP contribution in [0.25, 0.3) is 11.4 Å². The van der Waals surface area contributed by atoms with Crippen LogP contribution < -0.4 is 10.1 Å². The number of rotatable bonds is 4. The van der Waals surface area contributed by atoms with Gasteiger partial charge in [0.15, 0.2) is 0 Å². The second kappa shape index (κ2) is 6.62. The fourth-order valence-corrected chi connectivity index (χ4v) is 3.02. The molecule has 1 aliphatic heterocycles. The molecule has 0 fully saturated rings. The Morgan fingerprint density at radius 2 is 2.27 bits per heavy atom. The third kappa shape index (κ3) is 2.94. The molecule has 3 aromatic rings. The molecule has 1 unspecified atom stereocenters. The van der Waals surface area contributed by atoms with Gasteiger partial charge in [-0.1, -0.05) is 24.2 Å². The van der Waals surface area contributed by atoms with E-state index in [0.29, 0.717) is 36.9 Å². The van der Waals surface area contributed by atoms with E-state index in [1.807, 2.05) is 25.1 Å². The molecular weight excluding hydrogens is 334 g/mol. The fourth-order valence-electron chi connectivity index (χ4n) is 3.02. The molecule has 1 amide bonds. The highest BCUT2D eigenvalue weighted by Gasteiger charge is 2.25. The summed E-state index contributed by atoms with van der Waals surface area (Å²) in [6.45, 7) is 2.49. The Bertz CT molecular complexity index is 946. The van der Waals surface area contributed by atoms with Crippen molar-refractivity contribution >= 4 is 5.91 Å². The zero-order chi connectivity index (χ0) is 18.1. The summed E-state index contributed by atoms with van der Waals surface area (Å²) in [7, 11) is 1.74. The van der Waals surface area contributed by atoms with Crippen molar-refractivity contribution in [1.82, 2.24) is 25.2 Å². The third-order valence-electron chi connectivity index (χ3n) is 4.44. The second-order valence-electron chi connectivity index (χ2n) is 6.12. The summed E-state index contributed by atoms with van der Waals surface area (Å²) in [5.41, 5.74) is 2.29. The fraction of sp³-hybridized carbons (Fsp3) is 0.333. The van der Waals surface area contributed by atoms with E-state index < -0.39 is 0 Å². The molecule has 0 aliphatic carbocycles. The van der Waals surface area contributed by atoms with Crippen LogP contribution in [0.2, 0.25) is 0 Å². The van der Waals surface area contributed by atoms with Gasteiger partial charge in [0.1, 0.15) is 11.4 Å². The largest absolute Gasteiger partial charge is 0.493 e. The molecule has 0 radical (unpaired) electrons. The van der Waals surface area contributed by atoms with Gasteiger partial charge in [0, 0.05) is 37.2 Å². The number of amides is 1. The molecular formula is C18H19N5O3. The summed E-state index contributed by atoms with van der Waals surface area (Å²) in [6, 6.07) is 7.33. The number of carbonyl (C=O) groups is 1. The molecule has 2 aromatic heterocycles. The quantitative estimate of drug-likeness (QED) is 0.773. The topological polar surface area (TPSA) is 95.1 Å². The van der Waals surface area contributed by atoms with Crippen LogP contribution in [0.3, 0.4) is 0 Å². The average Bonchev–Trinajstić information content (AvgIpc) is 3.30. The van der Waals surface area contributed by atoms with Gasteiger partial charge in [-0.2, -0.15) is 10.1 Å². The van der Waals surface area contributed by atoms with Crippen LogP contribution in [0, 0.1) is 0 Å².